The minimum absolute atomic E-state index is 0.0176. The second-order valence-corrected chi connectivity index (χ2v) is 15.8. The summed E-state index contributed by atoms with van der Waals surface area (Å²) < 4.78 is 36.9. The molecular formula is C35H46Cl2N8O5S. The van der Waals surface area contributed by atoms with E-state index < -0.39 is 15.6 Å². The van der Waals surface area contributed by atoms with Crippen molar-refractivity contribution in [2.45, 2.75) is 81.9 Å². The zero-order valence-electron chi connectivity index (χ0n) is 29.0. The Hall–Kier alpha value is -3.69. The van der Waals surface area contributed by atoms with E-state index in [1.807, 2.05) is 32.0 Å². The average molecular weight is 762 g/mol. The van der Waals surface area contributed by atoms with Crippen LogP contribution < -0.4 is 26.7 Å². The molecule has 276 valence electrons. The van der Waals surface area contributed by atoms with Crippen molar-refractivity contribution < 1.29 is 22.7 Å². The van der Waals surface area contributed by atoms with Crippen molar-refractivity contribution in [3.63, 3.8) is 0 Å². The number of guanidine groups is 1. The first-order valence-corrected chi connectivity index (χ1v) is 19.3. The molecule has 0 spiro atoms. The summed E-state index contributed by atoms with van der Waals surface area (Å²) in [7, 11) is -4.29. The maximum Gasteiger partial charge on any atom is 0.243 e. The standard InChI is InChI=1S/C35H46Cl2N8O5S/c1-22-19-23(2)42-32-25(22)8-5-9-28(32)50-21-26-27(36)10-11-29(31(26)37)51(48,49)43-35(12-3-4-13-35)33(47)45-17-15-44(16-18-45)30(46)20-24(38)7-6-14-41-34(39)40/h5,8-11,19,24,43H,3-4,6-7,12-18,20-21,38H2,1-2H3,(H4,39,40,41)/t24-/m0/s1. The molecule has 3 aromatic rings. The molecule has 1 saturated carbocycles. The molecule has 5 rings (SSSR count). The van der Waals surface area contributed by atoms with Crippen molar-refractivity contribution in [3.8, 4) is 5.75 Å². The van der Waals surface area contributed by atoms with E-state index in [1.165, 1.54) is 12.1 Å². The normalized spacial score (nSPS) is 16.6. The minimum atomic E-state index is -4.29. The van der Waals surface area contributed by atoms with Crippen molar-refractivity contribution in [2.75, 3.05) is 32.7 Å². The summed E-state index contributed by atoms with van der Waals surface area (Å²) in [6.07, 6.45) is 3.47. The van der Waals surface area contributed by atoms with Gasteiger partial charge in [0.15, 0.2) is 5.96 Å². The van der Waals surface area contributed by atoms with Crippen LogP contribution in [0.3, 0.4) is 0 Å². The Bertz CT molecular complexity index is 1910. The molecule has 2 amide bonds. The number of carbonyl (C=O) groups excluding carboxylic acids is 2. The largest absolute Gasteiger partial charge is 0.487 e. The lowest BCUT2D eigenvalue weighted by atomic mass is 9.96. The fraction of sp³-hybridized carbons (Fsp3) is 0.486. The number of piperazine rings is 1. The molecule has 1 aromatic heterocycles. The van der Waals surface area contributed by atoms with Crippen LogP contribution in [0.15, 0.2) is 46.3 Å². The Morgan fingerprint density at radius 2 is 1.75 bits per heavy atom. The smallest absolute Gasteiger partial charge is 0.243 e. The number of aliphatic imine (C=N–C) groups is 1. The molecule has 2 aromatic carbocycles. The van der Waals surface area contributed by atoms with E-state index in [9.17, 15) is 18.0 Å². The molecule has 0 unspecified atom stereocenters. The van der Waals surface area contributed by atoms with E-state index in [0.717, 1.165) is 16.6 Å². The van der Waals surface area contributed by atoms with Crippen LogP contribution in [0.1, 0.15) is 61.8 Å². The Balaban J connectivity index is 1.25. The second-order valence-electron chi connectivity index (χ2n) is 13.3. The molecule has 1 aliphatic carbocycles. The van der Waals surface area contributed by atoms with Gasteiger partial charge in [-0.2, -0.15) is 4.72 Å². The second kappa shape index (κ2) is 16.3. The molecule has 16 heteroatoms. The van der Waals surface area contributed by atoms with Crippen LogP contribution in [0.2, 0.25) is 10.0 Å². The van der Waals surface area contributed by atoms with Gasteiger partial charge in [0.25, 0.3) is 0 Å². The molecule has 2 aliphatic rings. The number of benzene rings is 2. The van der Waals surface area contributed by atoms with Gasteiger partial charge in [-0.05, 0) is 69.4 Å². The number of hydrogen-bond donors (Lipinski definition) is 4. The Labute approximate surface area is 308 Å². The number of aromatic nitrogens is 1. The minimum Gasteiger partial charge on any atom is -0.487 e. The predicted octanol–water partition coefficient (Wildman–Crippen LogP) is 3.77. The summed E-state index contributed by atoms with van der Waals surface area (Å²) in [5.74, 6) is 0.128. The van der Waals surface area contributed by atoms with Gasteiger partial charge in [-0.25, -0.2) is 13.4 Å². The highest BCUT2D eigenvalue weighted by Gasteiger charge is 2.47. The van der Waals surface area contributed by atoms with Crippen LogP contribution in [0.4, 0.5) is 0 Å². The summed E-state index contributed by atoms with van der Waals surface area (Å²) in [6.45, 7) is 5.44. The Morgan fingerprint density at radius 3 is 2.43 bits per heavy atom. The number of halogens is 2. The molecule has 2 fully saturated rings. The van der Waals surface area contributed by atoms with E-state index in [-0.39, 0.29) is 64.9 Å². The number of nitrogens with one attached hydrogen (secondary N) is 1. The number of nitrogens with zero attached hydrogens (tertiary/aromatic N) is 4. The maximum atomic E-state index is 14.1. The van der Waals surface area contributed by atoms with Gasteiger partial charge >= 0.3 is 0 Å². The van der Waals surface area contributed by atoms with Gasteiger partial charge in [0, 0.05) is 66.9 Å². The van der Waals surface area contributed by atoms with Gasteiger partial charge in [0.05, 0.1) is 5.02 Å². The van der Waals surface area contributed by atoms with E-state index in [4.69, 9.17) is 45.1 Å². The summed E-state index contributed by atoms with van der Waals surface area (Å²) in [4.78, 5) is 38.7. The van der Waals surface area contributed by atoms with Crippen molar-refractivity contribution in [3.05, 3.63) is 63.3 Å². The number of ether oxygens (including phenoxy) is 1. The van der Waals surface area contributed by atoms with Crippen LogP contribution in [-0.2, 0) is 26.2 Å². The zero-order valence-corrected chi connectivity index (χ0v) is 31.3. The zero-order chi connectivity index (χ0) is 36.9. The molecule has 51 heavy (non-hydrogen) atoms. The average Bonchev–Trinajstić information content (AvgIpc) is 3.55. The molecule has 2 heterocycles. The lowest BCUT2D eigenvalue weighted by Gasteiger charge is -2.40. The molecule has 1 atom stereocenters. The Kier molecular flexibility index (Phi) is 12.3. The molecular weight excluding hydrogens is 715 g/mol. The quantitative estimate of drug-likeness (QED) is 0.114. The molecule has 13 nitrogen and oxygen atoms in total. The van der Waals surface area contributed by atoms with Gasteiger partial charge < -0.3 is 31.7 Å². The number of pyridine rings is 1. The van der Waals surface area contributed by atoms with Crippen LogP contribution in [0.5, 0.6) is 5.75 Å². The third kappa shape index (κ3) is 9.04. The number of aryl methyl sites for hydroxylation is 2. The molecule has 1 aliphatic heterocycles. The summed E-state index contributed by atoms with van der Waals surface area (Å²) in [5, 5.41) is 1.09. The SMILES string of the molecule is Cc1cc(C)c2cccc(OCc3c(Cl)ccc(S(=O)(=O)NC4(C(=O)N5CCN(C(=O)C[C@@H](N)CCCN=C(N)N)CC5)CCCC4)c3Cl)c2n1. The number of para-hydroxylation sites is 1. The lowest BCUT2D eigenvalue weighted by molar-refractivity contribution is -0.143. The van der Waals surface area contributed by atoms with Crippen LogP contribution in [-0.4, -0.2) is 85.3 Å². The van der Waals surface area contributed by atoms with Crippen LogP contribution in [0, 0.1) is 13.8 Å². The summed E-state index contributed by atoms with van der Waals surface area (Å²) in [5.41, 5.74) is 18.4. The number of carbonyl (C=O) groups is 2. The molecule has 0 radical (unpaired) electrons. The lowest BCUT2D eigenvalue weighted by Crippen LogP contribution is -2.61. The number of fused-ring (bicyclic) bond motifs is 1. The van der Waals surface area contributed by atoms with E-state index in [2.05, 4.69) is 14.7 Å². The highest BCUT2D eigenvalue weighted by atomic mass is 35.5. The van der Waals surface area contributed by atoms with E-state index >= 15 is 0 Å². The summed E-state index contributed by atoms with van der Waals surface area (Å²) in [6, 6.07) is 10.1. The van der Waals surface area contributed by atoms with E-state index in [0.29, 0.717) is 75.0 Å². The number of rotatable bonds is 13. The molecule has 0 bridgehead atoms. The Morgan fingerprint density at radius 1 is 1.06 bits per heavy atom. The molecule has 1 saturated heterocycles. The van der Waals surface area contributed by atoms with Gasteiger partial charge in [-0.15, -0.1) is 0 Å². The number of hydrogen-bond acceptors (Lipinski definition) is 8. The predicted molar refractivity (Wildman–Crippen MR) is 199 cm³/mol. The van der Waals surface area contributed by atoms with Gasteiger partial charge in [0.2, 0.25) is 21.8 Å². The highest BCUT2D eigenvalue weighted by Crippen LogP contribution is 2.37. The first kappa shape index (κ1) is 38.5. The third-order valence-corrected chi connectivity index (χ3v) is 12.0. The highest BCUT2D eigenvalue weighted by molar-refractivity contribution is 7.89. The number of amides is 2. The summed E-state index contributed by atoms with van der Waals surface area (Å²) >= 11 is 13.3. The fourth-order valence-corrected chi connectivity index (χ4v) is 9.17. The fourth-order valence-electron chi connectivity index (χ4n) is 6.87. The van der Waals surface area contributed by atoms with Gasteiger partial charge in [0.1, 0.15) is 28.3 Å². The first-order chi connectivity index (χ1) is 24.2. The van der Waals surface area contributed by atoms with Crippen LogP contribution >= 0.6 is 23.2 Å². The van der Waals surface area contributed by atoms with Crippen molar-refractivity contribution in [1.29, 1.82) is 0 Å². The number of nitrogens with two attached hydrogens (primary N) is 3. The van der Waals surface area contributed by atoms with Gasteiger partial charge in [-0.3, -0.25) is 14.6 Å². The maximum absolute atomic E-state index is 14.1. The molecule has 7 N–H and O–H groups in total. The first-order valence-electron chi connectivity index (χ1n) is 17.1. The van der Waals surface area contributed by atoms with Crippen LogP contribution in [0.25, 0.3) is 10.9 Å². The topological polar surface area (TPSA) is 199 Å². The van der Waals surface area contributed by atoms with Crippen molar-refractivity contribution in [1.82, 2.24) is 19.5 Å². The van der Waals surface area contributed by atoms with Crippen molar-refractivity contribution >= 4 is 61.9 Å². The monoisotopic (exact) mass is 760 g/mol. The number of sulfonamides is 1. The van der Waals surface area contributed by atoms with E-state index in [1.54, 1.807) is 15.9 Å². The van der Waals surface area contributed by atoms with Gasteiger partial charge in [-0.1, -0.05) is 48.2 Å². The third-order valence-electron chi connectivity index (χ3n) is 9.53. The van der Waals surface area contributed by atoms with Crippen molar-refractivity contribution in [2.24, 2.45) is 22.2 Å².